The fourth-order valence-electron chi connectivity index (χ4n) is 1.95. The lowest BCUT2D eigenvalue weighted by molar-refractivity contribution is 0.111. The maximum Gasteiger partial charge on any atom is 0.168 e. The number of aldehydes is 1. The topological polar surface area (TPSA) is 34.9 Å². The average Bonchev–Trinajstić information content (AvgIpc) is 2.64. The van der Waals surface area contributed by atoms with Crippen LogP contribution in [0.4, 0.5) is 0 Å². The van der Waals surface area contributed by atoms with Crippen molar-refractivity contribution in [1.82, 2.24) is 9.55 Å². The minimum Gasteiger partial charge on any atom is -0.328 e. The van der Waals surface area contributed by atoms with E-state index >= 15 is 0 Å². The summed E-state index contributed by atoms with van der Waals surface area (Å²) in [6, 6.07) is 0. The SMILES string of the molecule is CCCCCC(C)(C)Cn1cncc1C=O. The van der Waals surface area contributed by atoms with Gasteiger partial charge in [-0.3, -0.25) is 4.79 Å². The molecule has 1 aromatic rings. The lowest BCUT2D eigenvalue weighted by atomic mass is 9.87. The molecule has 0 saturated carbocycles. The van der Waals surface area contributed by atoms with Gasteiger partial charge in [0.1, 0.15) is 5.69 Å². The summed E-state index contributed by atoms with van der Waals surface area (Å²) in [5, 5.41) is 0. The Bertz CT molecular complexity index is 328. The number of carbonyl (C=O) groups is 1. The number of aromatic nitrogens is 2. The molecule has 1 heterocycles. The lowest BCUT2D eigenvalue weighted by Crippen LogP contribution is -2.20. The van der Waals surface area contributed by atoms with Crippen molar-refractivity contribution in [2.75, 3.05) is 0 Å². The molecule has 0 saturated heterocycles. The monoisotopic (exact) mass is 222 g/mol. The summed E-state index contributed by atoms with van der Waals surface area (Å²) in [5.41, 5.74) is 0.900. The smallest absolute Gasteiger partial charge is 0.168 e. The van der Waals surface area contributed by atoms with Crippen LogP contribution in [0.3, 0.4) is 0 Å². The van der Waals surface area contributed by atoms with E-state index in [-0.39, 0.29) is 5.41 Å². The fourth-order valence-corrected chi connectivity index (χ4v) is 1.95. The molecule has 0 amide bonds. The second-order valence-electron chi connectivity index (χ2n) is 5.19. The van der Waals surface area contributed by atoms with E-state index in [1.54, 1.807) is 12.5 Å². The highest BCUT2D eigenvalue weighted by molar-refractivity contribution is 5.71. The molecule has 0 aliphatic rings. The van der Waals surface area contributed by atoms with Gasteiger partial charge in [0.05, 0.1) is 12.5 Å². The number of rotatable bonds is 7. The number of carbonyl (C=O) groups excluding carboxylic acids is 1. The quantitative estimate of drug-likeness (QED) is 0.524. The molecule has 0 atom stereocenters. The van der Waals surface area contributed by atoms with Crippen molar-refractivity contribution < 1.29 is 4.79 Å². The zero-order valence-electron chi connectivity index (χ0n) is 10.6. The molecule has 0 aliphatic carbocycles. The Morgan fingerprint density at radius 1 is 1.44 bits per heavy atom. The van der Waals surface area contributed by atoms with Crippen molar-refractivity contribution in [2.24, 2.45) is 5.41 Å². The van der Waals surface area contributed by atoms with Crippen LogP contribution in [0.25, 0.3) is 0 Å². The zero-order valence-corrected chi connectivity index (χ0v) is 10.6. The second-order valence-corrected chi connectivity index (χ2v) is 5.19. The minimum atomic E-state index is 0.230. The Hall–Kier alpha value is -1.12. The highest BCUT2D eigenvalue weighted by Crippen LogP contribution is 2.26. The molecule has 0 bridgehead atoms. The molecule has 0 unspecified atom stereocenters. The van der Waals surface area contributed by atoms with Crippen LogP contribution in [-0.4, -0.2) is 15.8 Å². The van der Waals surface area contributed by atoms with Crippen LogP contribution in [0.1, 0.15) is 56.9 Å². The van der Waals surface area contributed by atoms with Crippen molar-refractivity contribution in [1.29, 1.82) is 0 Å². The van der Waals surface area contributed by atoms with Crippen molar-refractivity contribution in [3.8, 4) is 0 Å². The zero-order chi connectivity index (χ0) is 12.0. The Morgan fingerprint density at radius 2 is 2.19 bits per heavy atom. The molecule has 3 nitrogen and oxygen atoms in total. The molecule has 0 fully saturated rings. The number of unbranched alkanes of at least 4 members (excludes halogenated alkanes) is 2. The van der Waals surface area contributed by atoms with Crippen LogP contribution in [0.15, 0.2) is 12.5 Å². The molecule has 0 aliphatic heterocycles. The summed E-state index contributed by atoms with van der Waals surface area (Å²) in [7, 11) is 0. The van der Waals surface area contributed by atoms with Gasteiger partial charge in [-0.25, -0.2) is 4.98 Å². The van der Waals surface area contributed by atoms with Gasteiger partial charge >= 0.3 is 0 Å². The number of imidazole rings is 1. The molecule has 16 heavy (non-hydrogen) atoms. The van der Waals surface area contributed by atoms with Gasteiger partial charge in [-0.1, -0.05) is 40.0 Å². The van der Waals surface area contributed by atoms with E-state index < -0.39 is 0 Å². The summed E-state index contributed by atoms with van der Waals surface area (Å²) < 4.78 is 1.94. The van der Waals surface area contributed by atoms with Crippen LogP contribution < -0.4 is 0 Å². The van der Waals surface area contributed by atoms with E-state index in [1.165, 1.54) is 25.7 Å². The van der Waals surface area contributed by atoms with Crippen molar-refractivity contribution in [3.05, 3.63) is 18.2 Å². The van der Waals surface area contributed by atoms with Gasteiger partial charge in [0.25, 0.3) is 0 Å². The highest BCUT2D eigenvalue weighted by Gasteiger charge is 2.19. The van der Waals surface area contributed by atoms with E-state index in [0.29, 0.717) is 5.69 Å². The molecular formula is C13H22N2O. The van der Waals surface area contributed by atoms with E-state index in [2.05, 4.69) is 25.8 Å². The van der Waals surface area contributed by atoms with E-state index in [1.807, 2.05) is 4.57 Å². The van der Waals surface area contributed by atoms with Gasteiger partial charge in [0.2, 0.25) is 0 Å². The maximum absolute atomic E-state index is 10.8. The Morgan fingerprint density at radius 3 is 2.81 bits per heavy atom. The number of nitrogens with zero attached hydrogens (tertiary/aromatic N) is 2. The molecule has 1 aromatic heterocycles. The predicted molar refractivity (Wildman–Crippen MR) is 65.5 cm³/mol. The van der Waals surface area contributed by atoms with Crippen molar-refractivity contribution in [2.45, 2.75) is 53.0 Å². The Kier molecular flexibility index (Phi) is 4.71. The number of hydrogen-bond acceptors (Lipinski definition) is 2. The third kappa shape index (κ3) is 3.80. The summed E-state index contributed by atoms with van der Waals surface area (Å²) in [5.74, 6) is 0. The van der Waals surface area contributed by atoms with Gasteiger partial charge in [0, 0.05) is 6.54 Å². The fraction of sp³-hybridized carbons (Fsp3) is 0.692. The molecule has 3 heteroatoms. The lowest BCUT2D eigenvalue weighted by Gasteiger charge is -2.25. The van der Waals surface area contributed by atoms with Gasteiger partial charge in [-0.15, -0.1) is 0 Å². The Labute approximate surface area is 97.9 Å². The molecule has 1 rings (SSSR count). The van der Waals surface area contributed by atoms with Gasteiger partial charge in [-0.2, -0.15) is 0 Å². The van der Waals surface area contributed by atoms with E-state index in [0.717, 1.165) is 12.8 Å². The summed E-state index contributed by atoms with van der Waals surface area (Å²) >= 11 is 0. The normalized spacial score (nSPS) is 11.7. The minimum absolute atomic E-state index is 0.230. The summed E-state index contributed by atoms with van der Waals surface area (Å²) in [6.07, 6.45) is 9.22. The first-order valence-corrected chi connectivity index (χ1v) is 6.04. The molecule has 0 spiro atoms. The van der Waals surface area contributed by atoms with E-state index in [9.17, 15) is 4.79 Å². The molecule has 0 N–H and O–H groups in total. The van der Waals surface area contributed by atoms with Crippen molar-refractivity contribution in [3.63, 3.8) is 0 Å². The standard InChI is InChI=1S/C13H22N2O/c1-4-5-6-7-13(2,3)10-15-11-14-8-12(15)9-16/h8-9,11H,4-7,10H2,1-3H3. The van der Waals surface area contributed by atoms with Crippen LogP contribution in [-0.2, 0) is 6.54 Å². The third-order valence-electron chi connectivity index (χ3n) is 2.92. The number of hydrogen-bond donors (Lipinski definition) is 0. The van der Waals surface area contributed by atoms with Crippen molar-refractivity contribution >= 4 is 6.29 Å². The average molecular weight is 222 g/mol. The largest absolute Gasteiger partial charge is 0.328 e. The highest BCUT2D eigenvalue weighted by atomic mass is 16.1. The first-order valence-electron chi connectivity index (χ1n) is 6.04. The second kappa shape index (κ2) is 5.83. The molecule has 90 valence electrons. The van der Waals surface area contributed by atoms with E-state index in [4.69, 9.17) is 0 Å². The first-order chi connectivity index (χ1) is 7.59. The summed E-state index contributed by atoms with van der Waals surface area (Å²) in [6.45, 7) is 7.58. The first kappa shape index (κ1) is 12.9. The predicted octanol–water partition coefficient (Wildman–Crippen LogP) is 3.30. The maximum atomic E-state index is 10.8. The third-order valence-corrected chi connectivity index (χ3v) is 2.92. The van der Waals surface area contributed by atoms with Gasteiger partial charge in [0.15, 0.2) is 6.29 Å². The van der Waals surface area contributed by atoms with Crippen LogP contribution in [0, 0.1) is 5.41 Å². The Balaban J connectivity index is 2.54. The molecular weight excluding hydrogens is 200 g/mol. The molecule has 0 aromatic carbocycles. The van der Waals surface area contributed by atoms with Gasteiger partial charge in [-0.05, 0) is 11.8 Å². The van der Waals surface area contributed by atoms with Crippen LogP contribution in [0.2, 0.25) is 0 Å². The van der Waals surface area contributed by atoms with Crippen LogP contribution >= 0.6 is 0 Å². The van der Waals surface area contributed by atoms with Crippen LogP contribution in [0.5, 0.6) is 0 Å². The molecule has 0 radical (unpaired) electrons. The van der Waals surface area contributed by atoms with Gasteiger partial charge < -0.3 is 4.57 Å². The summed E-state index contributed by atoms with van der Waals surface area (Å²) in [4.78, 5) is 14.8.